The Morgan fingerprint density at radius 2 is 1.93 bits per heavy atom. The molecule has 0 aliphatic carbocycles. The van der Waals surface area contributed by atoms with E-state index >= 15 is 0 Å². The summed E-state index contributed by atoms with van der Waals surface area (Å²) in [6.07, 6.45) is 4.70. The summed E-state index contributed by atoms with van der Waals surface area (Å²) in [5, 5.41) is 14.6. The molecular weight excluding hydrogens is 516 g/mol. The minimum absolute atomic E-state index is 0.0939. The van der Waals surface area contributed by atoms with Gasteiger partial charge in [-0.05, 0) is 55.6 Å². The lowest BCUT2D eigenvalue weighted by Crippen LogP contribution is -2.54. The molecule has 0 bridgehead atoms. The van der Waals surface area contributed by atoms with Gasteiger partial charge in [0.2, 0.25) is 5.91 Å². The van der Waals surface area contributed by atoms with Crippen LogP contribution < -0.4 is 15.8 Å². The molecule has 9 heteroatoms. The molecule has 2 aliphatic rings. The van der Waals surface area contributed by atoms with Gasteiger partial charge in [-0.25, -0.2) is 4.98 Å². The number of anilines is 1. The van der Waals surface area contributed by atoms with Crippen molar-refractivity contribution in [1.29, 1.82) is 0 Å². The fraction of sp³-hybridized carbons (Fsp3) is 0.406. The predicted octanol–water partition coefficient (Wildman–Crippen LogP) is 3.00. The fourth-order valence-electron chi connectivity index (χ4n) is 6.45. The number of benzene rings is 2. The van der Waals surface area contributed by atoms with Crippen LogP contribution in [0, 0.1) is 5.92 Å². The molecule has 2 aromatic heterocycles. The van der Waals surface area contributed by atoms with Crippen molar-refractivity contribution in [2.75, 3.05) is 38.6 Å². The van der Waals surface area contributed by atoms with E-state index in [-0.39, 0.29) is 29.3 Å². The van der Waals surface area contributed by atoms with Crippen LogP contribution in [0.1, 0.15) is 30.7 Å². The third-order valence-electron chi connectivity index (χ3n) is 8.70. The summed E-state index contributed by atoms with van der Waals surface area (Å²) in [7, 11) is 3.99. The van der Waals surface area contributed by atoms with Crippen molar-refractivity contribution < 1.29 is 9.90 Å². The van der Waals surface area contributed by atoms with Crippen LogP contribution in [0.15, 0.2) is 78.0 Å². The van der Waals surface area contributed by atoms with E-state index in [0.29, 0.717) is 37.0 Å². The van der Waals surface area contributed by atoms with Crippen LogP contribution in [-0.2, 0) is 11.3 Å². The molecule has 2 fully saturated rings. The van der Waals surface area contributed by atoms with Crippen LogP contribution in [0.25, 0.3) is 16.7 Å². The zero-order valence-corrected chi connectivity index (χ0v) is 23.7. The van der Waals surface area contributed by atoms with Gasteiger partial charge in [0.1, 0.15) is 0 Å². The third-order valence-corrected chi connectivity index (χ3v) is 8.70. The number of aromatic nitrogens is 3. The molecule has 4 atom stereocenters. The molecule has 0 spiro atoms. The van der Waals surface area contributed by atoms with Gasteiger partial charge in [-0.3, -0.25) is 14.2 Å². The molecule has 2 aromatic carbocycles. The van der Waals surface area contributed by atoms with E-state index in [1.165, 1.54) is 0 Å². The second-order valence-electron chi connectivity index (χ2n) is 11.5. The first-order valence-corrected chi connectivity index (χ1v) is 14.5. The minimum atomic E-state index is -0.501. The molecule has 6 rings (SSSR count). The Morgan fingerprint density at radius 3 is 2.73 bits per heavy atom. The number of rotatable bonds is 6. The van der Waals surface area contributed by atoms with Crippen molar-refractivity contribution in [3.63, 3.8) is 0 Å². The molecule has 9 nitrogen and oxygen atoms in total. The first-order chi connectivity index (χ1) is 19.9. The standard InChI is InChI=1S/C32H38N6O3/c1-35(2)23-9-6-10-24(17-23)37-16-13-28-30(37)34-21-36(31(28)40)20-25-18-26(39)12-15-38(25)32(41)27-11-14-33-19-29(27)22-7-4-3-5-8-22/h3-10,13,16-17,21,25-27,29,33,39H,11-12,14-15,18-20H2,1-2H3/t25?,26?,27-,29+/m1/s1. The van der Waals surface area contributed by atoms with E-state index in [0.717, 1.165) is 36.4 Å². The van der Waals surface area contributed by atoms with Crippen LogP contribution in [0.5, 0.6) is 0 Å². The highest BCUT2D eigenvalue weighted by Gasteiger charge is 2.39. The van der Waals surface area contributed by atoms with Crippen LogP contribution in [0.2, 0.25) is 0 Å². The molecule has 4 heterocycles. The zero-order chi connectivity index (χ0) is 28.5. The first kappa shape index (κ1) is 27.2. The molecule has 2 unspecified atom stereocenters. The minimum Gasteiger partial charge on any atom is -0.393 e. The number of nitrogens with one attached hydrogen (secondary N) is 1. The molecule has 0 saturated carbocycles. The van der Waals surface area contributed by atoms with Crippen molar-refractivity contribution in [3.8, 4) is 5.69 Å². The van der Waals surface area contributed by atoms with Gasteiger partial charge < -0.3 is 24.8 Å². The number of amides is 1. The van der Waals surface area contributed by atoms with Crippen LogP contribution in [-0.4, -0.2) is 75.9 Å². The molecule has 1 amide bonds. The fourth-order valence-corrected chi connectivity index (χ4v) is 6.45. The summed E-state index contributed by atoms with van der Waals surface area (Å²) >= 11 is 0. The van der Waals surface area contributed by atoms with Crippen LogP contribution >= 0.6 is 0 Å². The summed E-state index contributed by atoms with van der Waals surface area (Å²) in [6, 6.07) is 19.8. The zero-order valence-electron chi connectivity index (χ0n) is 23.7. The largest absolute Gasteiger partial charge is 0.393 e. The van der Waals surface area contributed by atoms with E-state index in [9.17, 15) is 14.7 Å². The van der Waals surface area contributed by atoms with E-state index in [1.807, 2.05) is 77.1 Å². The number of likely N-dealkylation sites (tertiary alicyclic amines) is 1. The van der Waals surface area contributed by atoms with Crippen molar-refractivity contribution >= 4 is 22.6 Å². The Balaban J connectivity index is 1.27. The summed E-state index contributed by atoms with van der Waals surface area (Å²) in [4.78, 5) is 36.4. The summed E-state index contributed by atoms with van der Waals surface area (Å²) in [5.74, 6) is 0.0726. The normalized spacial score (nSPS) is 23.0. The Morgan fingerprint density at radius 1 is 1.10 bits per heavy atom. The van der Waals surface area contributed by atoms with Gasteiger partial charge in [-0.15, -0.1) is 0 Å². The molecule has 0 radical (unpaired) electrons. The van der Waals surface area contributed by atoms with Crippen molar-refractivity contribution in [1.82, 2.24) is 24.3 Å². The van der Waals surface area contributed by atoms with Gasteiger partial charge in [-0.1, -0.05) is 36.4 Å². The second-order valence-corrected chi connectivity index (χ2v) is 11.5. The second kappa shape index (κ2) is 11.5. The predicted molar refractivity (Wildman–Crippen MR) is 161 cm³/mol. The maximum Gasteiger partial charge on any atom is 0.262 e. The maximum atomic E-state index is 14.1. The highest BCUT2D eigenvalue weighted by molar-refractivity contribution is 5.81. The maximum absolute atomic E-state index is 14.1. The first-order valence-electron chi connectivity index (χ1n) is 14.5. The van der Waals surface area contributed by atoms with Gasteiger partial charge in [0.05, 0.1) is 23.9 Å². The Hall–Kier alpha value is -3.95. The van der Waals surface area contributed by atoms with Crippen molar-refractivity contribution in [2.45, 2.75) is 43.9 Å². The van der Waals surface area contributed by atoms with Crippen molar-refractivity contribution in [3.05, 3.63) is 89.1 Å². The smallest absolute Gasteiger partial charge is 0.262 e. The van der Waals surface area contributed by atoms with E-state index in [4.69, 9.17) is 0 Å². The third kappa shape index (κ3) is 5.39. The molecule has 41 heavy (non-hydrogen) atoms. The van der Waals surface area contributed by atoms with E-state index in [2.05, 4.69) is 28.5 Å². The van der Waals surface area contributed by atoms with Gasteiger partial charge >= 0.3 is 0 Å². The van der Waals surface area contributed by atoms with Gasteiger partial charge in [0.25, 0.3) is 5.56 Å². The number of piperidine rings is 2. The molecule has 2 aliphatic heterocycles. The summed E-state index contributed by atoms with van der Waals surface area (Å²) in [6.45, 7) is 2.34. The molecular formula is C32H38N6O3. The van der Waals surface area contributed by atoms with E-state index in [1.54, 1.807) is 10.9 Å². The highest BCUT2D eigenvalue weighted by atomic mass is 16.3. The number of fused-ring (bicyclic) bond motifs is 1. The highest BCUT2D eigenvalue weighted by Crippen LogP contribution is 2.33. The topological polar surface area (TPSA) is 95.6 Å². The lowest BCUT2D eigenvalue weighted by atomic mass is 9.80. The monoisotopic (exact) mass is 554 g/mol. The number of aliphatic hydroxyl groups is 1. The SMILES string of the molecule is CN(C)c1cccc(-n2ccc3c(=O)n(CC4CC(O)CCN4C(=O)[C@@H]4CCNC[C@H]4c4ccccc4)cnc32)c1. The quantitative estimate of drug-likeness (QED) is 0.381. The average molecular weight is 555 g/mol. The van der Waals surface area contributed by atoms with Gasteiger partial charge in [0, 0.05) is 63.1 Å². The molecule has 2 saturated heterocycles. The number of hydrogen-bond acceptors (Lipinski definition) is 6. The number of nitrogens with zero attached hydrogens (tertiary/aromatic N) is 5. The summed E-state index contributed by atoms with van der Waals surface area (Å²) < 4.78 is 3.53. The van der Waals surface area contributed by atoms with Gasteiger partial charge in [0.15, 0.2) is 5.65 Å². The Bertz CT molecular complexity index is 1580. The van der Waals surface area contributed by atoms with Crippen LogP contribution in [0.4, 0.5) is 5.69 Å². The Labute approximate surface area is 240 Å². The van der Waals surface area contributed by atoms with Gasteiger partial charge in [-0.2, -0.15) is 0 Å². The molecule has 2 N–H and O–H groups in total. The number of hydrogen-bond donors (Lipinski definition) is 2. The number of aliphatic hydroxyl groups excluding tert-OH is 1. The average Bonchev–Trinajstić information content (AvgIpc) is 3.44. The number of carbonyl (C=O) groups is 1. The molecule has 214 valence electrons. The summed E-state index contributed by atoms with van der Waals surface area (Å²) in [5.41, 5.74) is 3.60. The molecule has 4 aromatic rings. The number of carbonyl (C=O) groups excluding carboxylic acids is 1. The van der Waals surface area contributed by atoms with Crippen molar-refractivity contribution in [2.24, 2.45) is 5.92 Å². The lowest BCUT2D eigenvalue weighted by Gasteiger charge is -2.42. The van der Waals surface area contributed by atoms with E-state index < -0.39 is 6.10 Å². The Kier molecular flexibility index (Phi) is 7.64. The van der Waals surface area contributed by atoms with Crippen LogP contribution in [0.3, 0.4) is 0 Å². The lowest BCUT2D eigenvalue weighted by molar-refractivity contribution is -0.143.